The fourth-order valence-corrected chi connectivity index (χ4v) is 3.25. The van der Waals surface area contributed by atoms with Gasteiger partial charge in [0, 0.05) is 16.8 Å². The summed E-state index contributed by atoms with van der Waals surface area (Å²) in [5, 5.41) is 6.44. The van der Waals surface area contributed by atoms with Crippen LogP contribution in [0.1, 0.15) is 21.6 Å². The topological polar surface area (TPSA) is 101 Å². The first-order chi connectivity index (χ1) is 12.4. The first-order valence-electron chi connectivity index (χ1n) is 7.79. The molecule has 0 fully saturated rings. The maximum absolute atomic E-state index is 12.4. The molecular weight excluding hydrogens is 354 g/mol. The van der Waals surface area contributed by atoms with E-state index >= 15 is 0 Å². The number of hydrogen-bond acceptors (Lipinski definition) is 5. The van der Waals surface area contributed by atoms with E-state index in [2.05, 4.69) is 15.2 Å². The first-order valence-corrected chi connectivity index (χ1v) is 9.27. The third-order valence-electron chi connectivity index (χ3n) is 3.84. The summed E-state index contributed by atoms with van der Waals surface area (Å²) in [5.41, 5.74) is 2.24. The van der Waals surface area contributed by atoms with Crippen LogP contribution in [0.5, 0.6) is 0 Å². The summed E-state index contributed by atoms with van der Waals surface area (Å²) in [6.45, 7) is 3.44. The normalized spacial score (nSPS) is 11.2. The Labute approximate surface area is 151 Å². The van der Waals surface area contributed by atoms with Crippen molar-refractivity contribution in [2.75, 3.05) is 10.0 Å². The lowest BCUT2D eigenvalue weighted by Gasteiger charge is -2.08. The van der Waals surface area contributed by atoms with Crippen molar-refractivity contribution in [3.8, 4) is 0 Å². The van der Waals surface area contributed by atoms with Crippen LogP contribution in [0.4, 0.5) is 11.6 Å². The van der Waals surface area contributed by atoms with E-state index in [1.807, 2.05) is 6.07 Å². The van der Waals surface area contributed by atoms with Gasteiger partial charge in [-0.15, -0.1) is 0 Å². The molecular formula is C18H17N3O4S. The molecule has 1 heterocycles. The number of nitrogens with zero attached hydrogens (tertiary/aromatic N) is 1. The van der Waals surface area contributed by atoms with E-state index in [-0.39, 0.29) is 16.7 Å². The maximum Gasteiger partial charge on any atom is 0.264 e. The lowest BCUT2D eigenvalue weighted by Crippen LogP contribution is -2.14. The number of benzene rings is 2. The van der Waals surface area contributed by atoms with Gasteiger partial charge in [-0.05, 0) is 50.2 Å². The minimum absolute atomic E-state index is 0.0451. The molecule has 2 aromatic carbocycles. The molecule has 0 saturated carbocycles. The molecule has 26 heavy (non-hydrogen) atoms. The molecule has 134 valence electrons. The highest BCUT2D eigenvalue weighted by Crippen LogP contribution is 2.22. The number of aromatic nitrogens is 1. The number of aryl methyl sites for hydroxylation is 1. The molecule has 0 spiro atoms. The summed E-state index contributed by atoms with van der Waals surface area (Å²) in [4.78, 5) is 12.2. The van der Waals surface area contributed by atoms with E-state index in [0.717, 1.165) is 0 Å². The fourth-order valence-electron chi connectivity index (χ4n) is 2.20. The van der Waals surface area contributed by atoms with Gasteiger partial charge in [0.15, 0.2) is 0 Å². The number of carbonyl (C=O) groups is 1. The van der Waals surface area contributed by atoms with Crippen LogP contribution in [0.25, 0.3) is 0 Å². The van der Waals surface area contributed by atoms with Gasteiger partial charge in [-0.2, -0.15) is 0 Å². The van der Waals surface area contributed by atoms with Crippen molar-refractivity contribution in [3.63, 3.8) is 0 Å². The Morgan fingerprint density at radius 2 is 1.65 bits per heavy atom. The highest BCUT2D eigenvalue weighted by molar-refractivity contribution is 7.92. The molecule has 0 radical (unpaired) electrons. The number of sulfonamides is 1. The van der Waals surface area contributed by atoms with Gasteiger partial charge in [0.25, 0.3) is 15.9 Å². The van der Waals surface area contributed by atoms with Crippen LogP contribution in [0.2, 0.25) is 0 Å². The number of carbonyl (C=O) groups excluding carboxylic acids is 1. The minimum Gasteiger partial charge on any atom is -0.337 e. The van der Waals surface area contributed by atoms with Crippen LogP contribution >= 0.6 is 0 Å². The van der Waals surface area contributed by atoms with E-state index in [0.29, 0.717) is 22.5 Å². The molecule has 1 amide bonds. The maximum atomic E-state index is 12.4. The van der Waals surface area contributed by atoms with Crippen molar-refractivity contribution in [2.24, 2.45) is 0 Å². The van der Waals surface area contributed by atoms with Gasteiger partial charge in [-0.25, -0.2) is 13.1 Å². The largest absolute Gasteiger partial charge is 0.337 e. The molecule has 8 heteroatoms. The Balaban J connectivity index is 1.74. The summed E-state index contributed by atoms with van der Waals surface area (Å²) >= 11 is 0. The van der Waals surface area contributed by atoms with Crippen LogP contribution in [-0.2, 0) is 10.0 Å². The van der Waals surface area contributed by atoms with Gasteiger partial charge >= 0.3 is 0 Å². The molecule has 3 rings (SSSR count). The van der Waals surface area contributed by atoms with E-state index in [1.165, 1.54) is 24.3 Å². The number of anilines is 2. The van der Waals surface area contributed by atoms with Crippen molar-refractivity contribution in [1.82, 2.24) is 5.16 Å². The standard InChI is InChI=1S/C18H17N3O4S/c1-12-13(2)20-25-18(12)21-26(23,24)16-10-8-15(9-11-16)19-17(22)14-6-4-3-5-7-14/h3-11,21H,1-2H3,(H,19,22). The van der Waals surface area contributed by atoms with Gasteiger partial charge in [0.2, 0.25) is 5.88 Å². The average Bonchev–Trinajstić information content (AvgIpc) is 2.94. The van der Waals surface area contributed by atoms with Crippen LogP contribution in [0.3, 0.4) is 0 Å². The van der Waals surface area contributed by atoms with Crippen LogP contribution < -0.4 is 10.0 Å². The molecule has 1 aromatic heterocycles. The zero-order valence-corrected chi connectivity index (χ0v) is 15.0. The highest BCUT2D eigenvalue weighted by atomic mass is 32.2. The summed E-state index contributed by atoms with van der Waals surface area (Å²) in [7, 11) is -3.82. The molecule has 2 N–H and O–H groups in total. The lowest BCUT2D eigenvalue weighted by molar-refractivity contribution is 0.102. The number of amides is 1. The average molecular weight is 371 g/mol. The number of nitrogens with one attached hydrogen (secondary N) is 2. The smallest absolute Gasteiger partial charge is 0.264 e. The molecule has 0 atom stereocenters. The molecule has 7 nitrogen and oxygen atoms in total. The monoisotopic (exact) mass is 371 g/mol. The van der Waals surface area contributed by atoms with Crippen molar-refractivity contribution in [2.45, 2.75) is 18.7 Å². The Morgan fingerprint density at radius 1 is 1.00 bits per heavy atom. The van der Waals surface area contributed by atoms with Gasteiger partial charge < -0.3 is 9.84 Å². The number of rotatable bonds is 5. The van der Waals surface area contributed by atoms with E-state index < -0.39 is 10.0 Å². The quantitative estimate of drug-likeness (QED) is 0.716. The Hall–Kier alpha value is -3.13. The summed E-state index contributed by atoms with van der Waals surface area (Å²) < 4.78 is 32.2. The van der Waals surface area contributed by atoms with Gasteiger partial charge in [0.05, 0.1) is 10.6 Å². The fraction of sp³-hybridized carbons (Fsp3) is 0.111. The summed E-state index contributed by atoms with van der Waals surface area (Å²) in [5.74, 6) is -0.184. The Bertz CT molecular complexity index is 1030. The molecule has 3 aromatic rings. The predicted molar refractivity (Wildman–Crippen MR) is 97.6 cm³/mol. The van der Waals surface area contributed by atoms with Gasteiger partial charge in [-0.3, -0.25) is 4.79 Å². The predicted octanol–water partition coefficient (Wildman–Crippen LogP) is 3.34. The van der Waals surface area contributed by atoms with E-state index in [4.69, 9.17) is 4.52 Å². The van der Waals surface area contributed by atoms with Crippen molar-refractivity contribution >= 4 is 27.5 Å². The molecule has 0 bridgehead atoms. The molecule has 0 unspecified atom stereocenters. The van der Waals surface area contributed by atoms with Crippen LogP contribution in [0, 0.1) is 13.8 Å². The third-order valence-corrected chi connectivity index (χ3v) is 5.19. The van der Waals surface area contributed by atoms with Crippen molar-refractivity contribution in [1.29, 1.82) is 0 Å². The SMILES string of the molecule is Cc1noc(NS(=O)(=O)c2ccc(NC(=O)c3ccccc3)cc2)c1C. The second-order valence-corrected chi connectivity index (χ2v) is 7.35. The van der Waals surface area contributed by atoms with Crippen LogP contribution in [-0.4, -0.2) is 19.5 Å². The zero-order chi connectivity index (χ0) is 18.7. The van der Waals surface area contributed by atoms with Gasteiger partial charge in [0.1, 0.15) is 0 Å². The van der Waals surface area contributed by atoms with Crippen LogP contribution in [0.15, 0.2) is 64.0 Å². The second kappa shape index (κ2) is 7.01. The lowest BCUT2D eigenvalue weighted by atomic mass is 10.2. The van der Waals surface area contributed by atoms with E-state index in [9.17, 15) is 13.2 Å². The summed E-state index contributed by atoms with van der Waals surface area (Å²) in [6, 6.07) is 14.6. The highest BCUT2D eigenvalue weighted by Gasteiger charge is 2.19. The second-order valence-electron chi connectivity index (χ2n) is 5.67. The molecule has 0 aliphatic heterocycles. The van der Waals surface area contributed by atoms with Gasteiger partial charge in [-0.1, -0.05) is 23.4 Å². The van der Waals surface area contributed by atoms with Crippen molar-refractivity contribution in [3.05, 3.63) is 71.4 Å². The summed E-state index contributed by atoms with van der Waals surface area (Å²) in [6.07, 6.45) is 0. The van der Waals surface area contributed by atoms with Crippen molar-refractivity contribution < 1.29 is 17.7 Å². The Kier molecular flexibility index (Phi) is 4.77. The minimum atomic E-state index is -3.82. The number of hydrogen-bond donors (Lipinski definition) is 2. The zero-order valence-electron chi connectivity index (χ0n) is 14.2. The molecule has 0 aliphatic carbocycles. The first kappa shape index (κ1) is 17.7. The molecule has 0 aliphatic rings. The Morgan fingerprint density at radius 3 is 2.23 bits per heavy atom. The third kappa shape index (κ3) is 3.75. The molecule has 0 saturated heterocycles. The van der Waals surface area contributed by atoms with E-state index in [1.54, 1.807) is 38.1 Å².